The first-order valence-corrected chi connectivity index (χ1v) is 11.1. The van der Waals surface area contributed by atoms with Gasteiger partial charge >= 0.3 is 0 Å². The third-order valence-electron chi connectivity index (χ3n) is 6.06. The molecule has 4 heterocycles. The molecular weight excluding hydrogens is 364 g/mol. The zero-order chi connectivity index (χ0) is 19.1. The van der Waals surface area contributed by atoms with E-state index >= 15 is 0 Å². The van der Waals surface area contributed by atoms with Crippen molar-refractivity contribution in [3.63, 3.8) is 0 Å². The fourth-order valence-electron chi connectivity index (χ4n) is 4.36. The molecule has 0 N–H and O–H groups in total. The lowest BCUT2D eigenvalue weighted by atomic mass is 9.83. The molecule has 2 aliphatic heterocycles. The molecule has 0 bridgehead atoms. The molecule has 8 heteroatoms. The summed E-state index contributed by atoms with van der Waals surface area (Å²) in [6.07, 6.45) is 5.93. The lowest BCUT2D eigenvalue weighted by Gasteiger charge is -2.50. The number of aromatic nitrogens is 3. The van der Waals surface area contributed by atoms with Crippen LogP contribution in [0, 0.1) is 12.8 Å². The van der Waals surface area contributed by atoms with Gasteiger partial charge in [0.05, 0.1) is 24.8 Å². The Morgan fingerprint density at radius 1 is 1.33 bits per heavy atom. The zero-order valence-corrected chi connectivity index (χ0v) is 16.7. The van der Waals surface area contributed by atoms with Crippen molar-refractivity contribution in [3.05, 3.63) is 42.0 Å². The lowest BCUT2D eigenvalue weighted by molar-refractivity contribution is 0.0587. The van der Waals surface area contributed by atoms with Crippen molar-refractivity contribution in [1.29, 1.82) is 0 Å². The Balaban J connectivity index is 1.43. The molecule has 2 aromatic heterocycles. The summed E-state index contributed by atoms with van der Waals surface area (Å²) in [5, 5.41) is 4.39. The van der Waals surface area contributed by atoms with Crippen LogP contribution in [0.2, 0.25) is 0 Å². The fourth-order valence-corrected chi connectivity index (χ4v) is 6.81. The van der Waals surface area contributed by atoms with E-state index in [1.807, 2.05) is 23.0 Å². The average Bonchev–Trinajstić information content (AvgIpc) is 3.11. The molecule has 2 fully saturated rings. The van der Waals surface area contributed by atoms with E-state index in [1.54, 1.807) is 12.4 Å². The number of hydrogen-bond acceptors (Lipinski definition) is 6. The number of hydrogen-bond donors (Lipinski definition) is 0. The summed E-state index contributed by atoms with van der Waals surface area (Å²) in [5.41, 5.74) is 2.33. The third-order valence-corrected chi connectivity index (χ3v) is 8.67. The smallest absolute Gasteiger partial charge is 0.158 e. The molecule has 0 aliphatic carbocycles. The Labute approximate surface area is 160 Å². The van der Waals surface area contributed by atoms with Crippen molar-refractivity contribution >= 4 is 9.84 Å². The summed E-state index contributed by atoms with van der Waals surface area (Å²) >= 11 is 0. The molecule has 0 radical (unpaired) electrons. The highest BCUT2D eigenvalue weighted by Gasteiger charge is 2.61. The van der Waals surface area contributed by atoms with Crippen LogP contribution in [-0.2, 0) is 22.9 Å². The summed E-state index contributed by atoms with van der Waals surface area (Å²) in [7, 11) is -3.10. The molecule has 27 heavy (non-hydrogen) atoms. The van der Waals surface area contributed by atoms with Gasteiger partial charge in [-0.05, 0) is 32.4 Å². The van der Waals surface area contributed by atoms with Gasteiger partial charge in [-0.1, -0.05) is 0 Å². The number of nitrogens with zero attached hydrogens (tertiary/aromatic N) is 4. The largest absolute Gasteiger partial charge is 0.492 e. The van der Waals surface area contributed by atoms with Crippen LogP contribution in [0.5, 0.6) is 5.75 Å². The molecule has 1 spiro atoms. The molecular formula is C19H26N4O3S. The van der Waals surface area contributed by atoms with Crippen molar-refractivity contribution in [2.24, 2.45) is 5.92 Å². The van der Waals surface area contributed by atoms with Gasteiger partial charge in [0.25, 0.3) is 0 Å². The van der Waals surface area contributed by atoms with Crippen LogP contribution in [-0.4, -0.2) is 58.3 Å². The van der Waals surface area contributed by atoms with Crippen molar-refractivity contribution in [1.82, 2.24) is 19.7 Å². The summed E-state index contributed by atoms with van der Waals surface area (Å²) in [4.78, 5) is 6.26. The molecule has 4 rings (SSSR count). The van der Waals surface area contributed by atoms with Gasteiger partial charge in [-0.15, -0.1) is 0 Å². The van der Waals surface area contributed by atoms with Gasteiger partial charge in [0.15, 0.2) is 9.84 Å². The van der Waals surface area contributed by atoms with Crippen LogP contribution < -0.4 is 4.74 Å². The third kappa shape index (κ3) is 3.14. The van der Waals surface area contributed by atoms with E-state index in [4.69, 9.17) is 4.74 Å². The maximum Gasteiger partial charge on any atom is 0.158 e. The summed E-state index contributed by atoms with van der Waals surface area (Å²) in [5.74, 6) is 0.975. The number of likely N-dealkylation sites (tertiary alicyclic amines) is 1. The molecule has 146 valence electrons. The van der Waals surface area contributed by atoms with Gasteiger partial charge in [0.2, 0.25) is 0 Å². The Bertz CT molecular complexity index is 904. The number of rotatable bonds is 6. The fraction of sp³-hybridized carbons (Fsp3) is 0.579. The van der Waals surface area contributed by atoms with Crippen LogP contribution in [0.15, 0.2) is 30.7 Å². The minimum atomic E-state index is -3.10. The molecule has 2 aliphatic rings. The van der Waals surface area contributed by atoms with Crippen LogP contribution in [0.1, 0.15) is 24.6 Å². The zero-order valence-electron chi connectivity index (χ0n) is 15.8. The number of pyridine rings is 1. The van der Waals surface area contributed by atoms with E-state index in [2.05, 4.69) is 28.8 Å². The predicted molar refractivity (Wildman–Crippen MR) is 102 cm³/mol. The summed E-state index contributed by atoms with van der Waals surface area (Å²) in [6.45, 7) is 7.31. The monoisotopic (exact) mass is 390 g/mol. The average molecular weight is 391 g/mol. The molecule has 0 amide bonds. The van der Waals surface area contributed by atoms with Gasteiger partial charge in [-0.3, -0.25) is 14.6 Å². The van der Waals surface area contributed by atoms with Crippen LogP contribution in [0.4, 0.5) is 0 Å². The number of aryl methyl sites for hydroxylation is 1. The van der Waals surface area contributed by atoms with Crippen LogP contribution in [0.3, 0.4) is 0 Å². The molecule has 2 aromatic rings. The highest BCUT2D eigenvalue weighted by molar-refractivity contribution is 7.93. The maximum atomic E-state index is 12.8. The van der Waals surface area contributed by atoms with E-state index in [0.29, 0.717) is 31.9 Å². The Morgan fingerprint density at radius 3 is 2.81 bits per heavy atom. The first-order chi connectivity index (χ1) is 12.9. The van der Waals surface area contributed by atoms with Gasteiger partial charge in [-0.25, -0.2) is 8.42 Å². The van der Waals surface area contributed by atoms with E-state index in [9.17, 15) is 8.42 Å². The Hall–Kier alpha value is -1.93. The molecule has 0 saturated carbocycles. The molecule has 7 nitrogen and oxygen atoms in total. The molecule has 0 aromatic carbocycles. The van der Waals surface area contributed by atoms with Gasteiger partial charge in [0, 0.05) is 49.6 Å². The number of sulfone groups is 1. The minimum absolute atomic E-state index is 0.0263. The minimum Gasteiger partial charge on any atom is -0.492 e. The highest BCUT2D eigenvalue weighted by Crippen LogP contribution is 2.45. The molecule has 1 unspecified atom stereocenters. The second-order valence-electron chi connectivity index (χ2n) is 7.59. The SMILES string of the molecule is CCn1ncc(CN2CC3(C2)C(COc2cccnc2)CCS3(=O)=O)c1C. The first kappa shape index (κ1) is 18.4. The van der Waals surface area contributed by atoms with Crippen molar-refractivity contribution in [3.8, 4) is 5.75 Å². The predicted octanol–water partition coefficient (Wildman–Crippen LogP) is 1.67. The van der Waals surface area contributed by atoms with E-state index < -0.39 is 14.6 Å². The van der Waals surface area contributed by atoms with Crippen molar-refractivity contribution < 1.29 is 13.2 Å². The second kappa shape index (κ2) is 6.91. The summed E-state index contributed by atoms with van der Waals surface area (Å²) in [6, 6.07) is 3.67. The molecule has 2 saturated heterocycles. The van der Waals surface area contributed by atoms with Gasteiger partial charge < -0.3 is 4.74 Å². The normalized spacial score (nSPS) is 23.4. The van der Waals surface area contributed by atoms with Crippen LogP contribution in [0.25, 0.3) is 0 Å². The van der Waals surface area contributed by atoms with E-state index in [1.165, 1.54) is 5.56 Å². The number of ether oxygens (including phenoxy) is 1. The standard InChI is InChI=1S/C19H26N4O3S/c1-3-23-15(2)16(9-21-23)11-22-13-19(14-22)17(6-8-27(19,24)25)12-26-18-5-4-7-20-10-18/h4-5,7,9-10,17H,3,6,8,11-14H2,1-2H3. The lowest BCUT2D eigenvalue weighted by Crippen LogP contribution is -2.67. The maximum absolute atomic E-state index is 12.8. The van der Waals surface area contributed by atoms with E-state index in [-0.39, 0.29) is 11.7 Å². The van der Waals surface area contributed by atoms with Crippen molar-refractivity contribution in [2.75, 3.05) is 25.4 Å². The van der Waals surface area contributed by atoms with Gasteiger partial charge in [0.1, 0.15) is 10.5 Å². The Kier molecular flexibility index (Phi) is 4.71. The van der Waals surface area contributed by atoms with Crippen molar-refractivity contribution in [2.45, 2.75) is 38.1 Å². The summed E-state index contributed by atoms with van der Waals surface area (Å²) < 4.78 is 32.7. The van der Waals surface area contributed by atoms with Gasteiger partial charge in [-0.2, -0.15) is 5.10 Å². The Morgan fingerprint density at radius 2 is 2.15 bits per heavy atom. The molecule has 1 atom stereocenters. The van der Waals surface area contributed by atoms with E-state index in [0.717, 1.165) is 18.8 Å². The topological polar surface area (TPSA) is 77.3 Å². The van der Waals surface area contributed by atoms with Crippen LogP contribution >= 0.6 is 0 Å². The highest BCUT2D eigenvalue weighted by atomic mass is 32.2. The first-order valence-electron chi connectivity index (χ1n) is 9.44. The quantitative estimate of drug-likeness (QED) is 0.747. The second-order valence-corrected chi connectivity index (χ2v) is 10.0.